The standard InChI is InChI=1S/C13H19N3O3/c1-13(2,3)16-10(17)6-8-15-11-9(12(18)19)5-4-7-14-11/h4-5,7H,6,8H2,1-3H3,(H,14,15)(H,16,17)(H,18,19). The topological polar surface area (TPSA) is 91.3 Å². The minimum Gasteiger partial charge on any atom is -0.478 e. The number of hydrogen-bond acceptors (Lipinski definition) is 4. The molecule has 1 amide bonds. The van der Waals surface area contributed by atoms with Gasteiger partial charge in [-0.3, -0.25) is 4.79 Å². The first-order valence-electron chi connectivity index (χ1n) is 6.03. The molecule has 1 rings (SSSR count). The molecule has 0 radical (unpaired) electrons. The smallest absolute Gasteiger partial charge is 0.339 e. The molecule has 0 fully saturated rings. The van der Waals surface area contributed by atoms with E-state index in [4.69, 9.17) is 5.11 Å². The molecule has 1 heterocycles. The molecule has 0 atom stereocenters. The summed E-state index contributed by atoms with van der Waals surface area (Å²) in [5, 5.41) is 14.7. The van der Waals surface area contributed by atoms with Crippen LogP contribution in [-0.2, 0) is 4.79 Å². The number of nitrogens with zero attached hydrogens (tertiary/aromatic N) is 1. The second-order valence-corrected chi connectivity index (χ2v) is 5.18. The first-order valence-corrected chi connectivity index (χ1v) is 6.03. The van der Waals surface area contributed by atoms with E-state index < -0.39 is 5.97 Å². The number of hydrogen-bond donors (Lipinski definition) is 3. The van der Waals surface area contributed by atoms with Crippen LogP contribution in [0.15, 0.2) is 18.3 Å². The maximum absolute atomic E-state index is 11.6. The van der Waals surface area contributed by atoms with Crippen LogP contribution in [0.25, 0.3) is 0 Å². The van der Waals surface area contributed by atoms with Gasteiger partial charge in [0.25, 0.3) is 0 Å². The molecule has 1 aromatic rings. The molecule has 0 aliphatic heterocycles. The summed E-state index contributed by atoms with van der Waals surface area (Å²) in [5.74, 6) is -0.860. The quantitative estimate of drug-likeness (QED) is 0.750. The number of carbonyl (C=O) groups excluding carboxylic acids is 1. The lowest BCUT2D eigenvalue weighted by Gasteiger charge is -2.20. The molecule has 0 bridgehead atoms. The molecule has 6 nitrogen and oxygen atoms in total. The van der Waals surface area contributed by atoms with Gasteiger partial charge in [-0.1, -0.05) is 0 Å². The van der Waals surface area contributed by atoms with Crippen molar-refractivity contribution in [3.8, 4) is 0 Å². The van der Waals surface area contributed by atoms with Crippen LogP contribution in [-0.4, -0.2) is 34.1 Å². The number of aromatic carboxylic acids is 1. The van der Waals surface area contributed by atoms with Gasteiger partial charge in [-0.15, -0.1) is 0 Å². The van der Waals surface area contributed by atoms with E-state index in [1.807, 2.05) is 20.8 Å². The Bertz CT molecular complexity index is 466. The molecule has 0 saturated carbocycles. The SMILES string of the molecule is CC(C)(C)NC(=O)CCNc1ncccc1C(=O)O. The lowest BCUT2D eigenvalue weighted by molar-refractivity contribution is -0.122. The highest BCUT2D eigenvalue weighted by atomic mass is 16.4. The van der Waals surface area contributed by atoms with Crippen molar-refractivity contribution in [1.29, 1.82) is 0 Å². The number of aromatic nitrogens is 1. The monoisotopic (exact) mass is 265 g/mol. The first-order chi connectivity index (χ1) is 8.79. The van der Waals surface area contributed by atoms with Crippen LogP contribution in [0, 0.1) is 0 Å². The van der Waals surface area contributed by atoms with Crippen molar-refractivity contribution in [3.05, 3.63) is 23.9 Å². The second kappa shape index (κ2) is 6.17. The van der Waals surface area contributed by atoms with E-state index in [9.17, 15) is 9.59 Å². The van der Waals surface area contributed by atoms with Crippen LogP contribution < -0.4 is 10.6 Å². The van der Waals surface area contributed by atoms with E-state index in [0.29, 0.717) is 6.54 Å². The Morgan fingerprint density at radius 1 is 1.37 bits per heavy atom. The van der Waals surface area contributed by atoms with Crippen molar-refractivity contribution in [2.75, 3.05) is 11.9 Å². The average Bonchev–Trinajstić information content (AvgIpc) is 2.27. The number of carbonyl (C=O) groups is 2. The number of rotatable bonds is 5. The Morgan fingerprint density at radius 3 is 2.63 bits per heavy atom. The van der Waals surface area contributed by atoms with Crippen molar-refractivity contribution in [2.24, 2.45) is 0 Å². The number of pyridine rings is 1. The van der Waals surface area contributed by atoms with Gasteiger partial charge in [0, 0.05) is 24.7 Å². The van der Waals surface area contributed by atoms with Crippen LogP contribution in [0.2, 0.25) is 0 Å². The van der Waals surface area contributed by atoms with Gasteiger partial charge in [0.15, 0.2) is 0 Å². The van der Waals surface area contributed by atoms with Crippen LogP contribution >= 0.6 is 0 Å². The lowest BCUT2D eigenvalue weighted by atomic mass is 10.1. The van der Waals surface area contributed by atoms with Gasteiger partial charge in [-0.05, 0) is 32.9 Å². The zero-order chi connectivity index (χ0) is 14.5. The Balaban J connectivity index is 2.50. The van der Waals surface area contributed by atoms with Gasteiger partial charge < -0.3 is 15.7 Å². The molecular formula is C13H19N3O3. The number of carboxylic acid groups (broad SMARTS) is 1. The largest absolute Gasteiger partial charge is 0.478 e. The highest BCUT2D eigenvalue weighted by molar-refractivity contribution is 5.93. The van der Waals surface area contributed by atoms with E-state index >= 15 is 0 Å². The van der Waals surface area contributed by atoms with Crippen LogP contribution in [0.5, 0.6) is 0 Å². The van der Waals surface area contributed by atoms with Crippen molar-refractivity contribution >= 4 is 17.7 Å². The number of amides is 1. The van der Waals surface area contributed by atoms with Gasteiger partial charge in [-0.2, -0.15) is 0 Å². The molecule has 6 heteroatoms. The summed E-state index contributed by atoms with van der Waals surface area (Å²) in [7, 11) is 0. The zero-order valence-corrected chi connectivity index (χ0v) is 11.4. The highest BCUT2D eigenvalue weighted by Gasteiger charge is 2.14. The van der Waals surface area contributed by atoms with E-state index in [0.717, 1.165) is 0 Å². The molecule has 0 spiro atoms. The Labute approximate surface area is 112 Å². The fourth-order valence-corrected chi connectivity index (χ4v) is 1.49. The zero-order valence-electron chi connectivity index (χ0n) is 11.4. The molecule has 3 N–H and O–H groups in total. The third-order valence-electron chi connectivity index (χ3n) is 2.20. The average molecular weight is 265 g/mol. The molecular weight excluding hydrogens is 246 g/mol. The predicted molar refractivity (Wildman–Crippen MR) is 72.2 cm³/mol. The number of nitrogens with one attached hydrogen (secondary N) is 2. The van der Waals surface area contributed by atoms with E-state index in [1.54, 1.807) is 6.07 Å². The molecule has 104 valence electrons. The third kappa shape index (κ3) is 5.37. The predicted octanol–water partition coefficient (Wildman–Crippen LogP) is 1.50. The maximum Gasteiger partial charge on any atom is 0.339 e. The Hall–Kier alpha value is -2.11. The van der Waals surface area contributed by atoms with Crippen molar-refractivity contribution in [2.45, 2.75) is 32.7 Å². The maximum atomic E-state index is 11.6. The van der Waals surface area contributed by atoms with Gasteiger partial charge >= 0.3 is 5.97 Å². The van der Waals surface area contributed by atoms with E-state index in [1.165, 1.54) is 12.3 Å². The van der Waals surface area contributed by atoms with Gasteiger partial charge in [0.05, 0.1) is 0 Å². The minimum atomic E-state index is -1.05. The highest BCUT2D eigenvalue weighted by Crippen LogP contribution is 2.11. The summed E-state index contributed by atoms with van der Waals surface area (Å²) >= 11 is 0. The molecule has 19 heavy (non-hydrogen) atoms. The molecule has 0 aromatic carbocycles. The van der Waals surface area contributed by atoms with Gasteiger partial charge in [0.2, 0.25) is 5.91 Å². The summed E-state index contributed by atoms with van der Waals surface area (Å²) in [6, 6.07) is 3.02. The summed E-state index contributed by atoms with van der Waals surface area (Å²) < 4.78 is 0. The summed E-state index contributed by atoms with van der Waals surface area (Å²) in [6.45, 7) is 6.04. The molecule has 0 saturated heterocycles. The summed E-state index contributed by atoms with van der Waals surface area (Å²) in [5.41, 5.74) is -0.173. The summed E-state index contributed by atoms with van der Waals surface area (Å²) in [4.78, 5) is 26.5. The van der Waals surface area contributed by atoms with Crippen molar-refractivity contribution in [1.82, 2.24) is 10.3 Å². The number of carboxylic acids is 1. The van der Waals surface area contributed by atoms with Crippen molar-refractivity contribution < 1.29 is 14.7 Å². The molecule has 1 aromatic heterocycles. The lowest BCUT2D eigenvalue weighted by Crippen LogP contribution is -2.41. The molecule has 0 aliphatic rings. The molecule has 0 aliphatic carbocycles. The van der Waals surface area contributed by atoms with Crippen LogP contribution in [0.4, 0.5) is 5.82 Å². The molecule has 0 unspecified atom stereocenters. The third-order valence-corrected chi connectivity index (χ3v) is 2.20. The fraction of sp³-hybridized carbons (Fsp3) is 0.462. The first kappa shape index (κ1) is 14.9. The minimum absolute atomic E-state index is 0.0900. The van der Waals surface area contributed by atoms with E-state index in [-0.39, 0.29) is 29.2 Å². The van der Waals surface area contributed by atoms with Crippen LogP contribution in [0.3, 0.4) is 0 Å². The normalized spacial score (nSPS) is 10.9. The Kier molecular flexibility index (Phi) is 4.86. The van der Waals surface area contributed by atoms with E-state index in [2.05, 4.69) is 15.6 Å². The number of anilines is 1. The van der Waals surface area contributed by atoms with Crippen molar-refractivity contribution in [3.63, 3.8) is 0 Å². The second-order valence-electron chi connectivity index (χ2n) is 5.18. The van der Waals surface area contributed by atoms with Crippen LogP contribution in [0.1, 0.15) is 37.6 Å². The summed E-state index contributed by atoms with van der Waals surface area (Å²) in [6.07, 6.45) is 1.76. The Morgan fingerprint density at radius 2 is 2.05 bits per heavy atom. The fourth-order valence-electron chi connectivity index (χ4n) is 1.49. The van der Waals surface area contributed by atoms with Gasteiger partial charge in [0.1, 0.15) is 11.4 Å². The van der Waals surface area contributed by atoms with Gasteiger partial charge in [-0.25, -0.2) is 9.78 Å².